The minimum Gasteiger partial charge on any atom is -0.375 e. The first-order valence-electron chi connectivity index (χ1n) is 9.60. The van der Waals surface area contributed by atoms with Gasteiger partial charge in [-0.2, -0.15) is 0 Å². The molecule has 1 heterocycles. The maximum atomic E-state index is 13.1. The first-order chi connectivity index (χ1) is 13.0. The summed E-state index contributed by atoms with van der Waals surface area (Å²) in [6.07, 6.45) is 1.66. The summed E-state index contributed by atoms with van der Waals surface area (Å²) in [4.78, 5) is 28.8. The van der Waals surface area contributed by atoms with Gasteiger partial charge < -0.3 is 14.5 Å². The Morgan fingerprint density at radius 1 is 1.30 bits per heavy atom. The first kappa shape index (κ1) is 21.0. The number of methoxy groups -OCH3 is 1. The molecule has 0 spiro atoms. The molecule has 2 rings (SSSR count). The van der Waals surface area contributed by atoms with Crippen molar-refractivity contribution < 1.29 is 14.3 Å². The number of rotatable bonds is 6. The summed E-state index contributed by atoms with van der Waals surface area (Å²) in [6.45, 7) is 6.52. The third-order valence-corrected chi connectivity index (χ3v) is 4.56. The van der Waals surface area contributed by atoms with Crippen LogP contribution in [-0.4, -0.2) is 61.5 Å². The Morgan fingerprint density at radius 2 is 2.04 bits per heavy atom. The van der Waals surface area contributed by atoms with Crippen molar-refractivity contribution in [2.24, 2.45) is 11.8 Å². The van der Waals surface area contributed by atoms with Gasteiger partial charge in [0.15, 0.2) is 0 Å². The highest BCUT2D eigenvalue weighted by Gasteiger charge is 2.31. The molecule has 0 unspecified atom stereocenters. The number of piperidine rings is 1. The van der Waals surface area contributed by atoms with E-state index < -0.39 is 0 Å². The molecule has 1 aromatic rings. The molecule has 146 valence electrons. The molecule has 1 aromatic carbocycles. The molecular weight excluding hydrogens is 340 g/mol. The Hall–Kier alpha value is -2.32. The molecular formula is C22H30N2O3. The van der Waals surface area contributed by atoms with Crippen molar-refractivity contribution in [3.63, 3.8) is 0 Å². The summed E-state index contributed by atoms with van der Waals surface area (Å²) in [7, 11) is 1.51. The molecule has 0 bridgehead atoms. The molecule has 27 heavy (non-hydrogen) atoms. The van der Waals surface area contributed by atoms with Crippen LogP contribution in [0.25, 0.3) is 0 Å². The van der Waals surface area contributed by atoms with Crippen LogP contribution in [0.3, 0.4) is 0 Å². The molecule has 1 aliphatic heterocycles. The lowest BCUT2D eigenvalue weighted by atomic mass is 9.96. The normalized spacial score (nSPS) is 16.6. The van der Waals surface area contributed by atoms with Gasteiger partial charge in [0.1, 0.15) is 6.61 Å². The fourth-order valence-electron chi connectivity index (χ4n) is 3.31. The number of carbonyl (C=O) groups is 2. The smallest absolute Gasteiger partial charge is 0.248 e. The van der Waals surface area contributed by atoms with Gasteiger partial charge in [-0.3, -0.25) is 9.59 Å². The topological polar surface area (TPSA) is 49.9 Å². The average molecular weight is 370 g/mol. The highest BCUT2D eigenvalue weighted by atomic mass is 16.5. The average Bonchev–Trinajstić information content (AvgIpc) is 2.67. The summed E-state index contributed by atoms with van der Waals surface area (Å²) in [6, 6.07) is 9.78. The lowest BCUT2D eigenvalue weighted by molar-refractivity contribution is -0.142. The predicted molar refractivity (Wildman–Crippen MR) is 106 cm³/mol. The molecule has 1 saturated heterocycles. The van der Waals surface area contributed by atoms with E-state index in [2.05, 4.69) is 25.7 Å². The number of benzene rings is 1. The zero-order valence-electron chi connectivity index (χ0n) is 16.6. The van der Waals surface area contributed by atoms with Gasteiger partial charge in [-0.1, -0.05) is 43.9 Å². The third kappa shape index (κ3) is 6.73. The summed E-state index contributed by atoms with van der Waals surface area (Å²) in [5.74, 6) is 6.52. The van der Waals surface area contributed by atoms with Crippen molar-refractivity contribution in [2.75, 3.05) is 39.9 Å². The summed E-state index contributed by atoms with van der Waals surface area (Å²) in [5.41, 5.74) is 0.948. The maximum absolute atomic E-state index is 13.1. The van der Waals surface area contributed by atoms with Crippen LogP contribution in [-0.2, 0) is 14.3 Å². The van der Waals surface area contributed by atoms with Gasteiger partial charge >= 0.3 is 0 Å². The van der Waals surface area contributed by atoms with Crippen LogP contribution in [0.4, 0.5) is 0 Å². The molecule has 5 nitrogen and oxygen atoms in total. The number of carbonyl (C=O) groups excluding carboxylic acids is 2. The third-order valence-electron chi connectivity index (χ3n) is 4.56. The molecule has 5 heteroatoms. The fraction of sp³-hybridized carbons (Fsp3) is 0.545. The van der Waals surface area contributed by atoms with E-state index in [0.717, 1.165) is 18.4 Å². The Morgan fingerprint density at radius 3 is 2.70 bits per heavy atom. The van der Waals surface area contributed by atoms with Gasteiger partial charge in [-0.25, -0.2) is 0 Å². The SMILES string of the molecule is COCC(=O)N1CCC[C@@H](C(=O)N(CC#Cc2ccccc2)CC(C)C)C1. The Labute approximate surface area is 162 Å². The van der Waals surface area contributed by atoms with Crippen molar-refractivity contribution in [3.8, 4) is 11.8 Å². The van der Waals surface area contributed by atoms with E-state index in [1.54, 1.807) is 4.90 Å². The molecule has 0 N–H and O–H groups in total. The highest BCUT2D eigenvalue weighted by molar-refractivity contribution is 5.82. The van der Waals surface area contributed by atoms with Crippen LogP contribution < -0.4 is 0 Å². The van der Waals surface area contributed by atoms with Crippen LogP contribution in [0.2, 0.25) is 0 Å². The summed E-state index contributed by atoms with van der Waals surface area (Å²) < 4.78 is 4.94. The van der Waals surface area contributed by atoms with Crippen LogP contribution in [0, 0.1) is 23.7 Å². The summed E-state index contributed by atoms with van der Waals surface area (Å²) in [5, 5.41) is 0. The number of amides is 2. The second-order valence-electron chi connectivity index (χ2n) is 7.39. The summed E-state index contributed by atoms with van der Waals surface area (Å²) >= 11 is 0. The predicted octanol–water partition coefficient (Wildman–Crippen LogP) is 2.41. The van der Waals surface area contributed by atoms with Gasteiger partial charge in [-0.05, 0) is 30.9 Å². The van der Waals surface area contributed by atoms with Gasteiger partial charge in [-0.15, -0.1) is 0 Å². The van der Waals surface area contributed by atoms with E-state index in [4.69, 9.17) is 4.74 Å². The number of hydrogen-bond acceptors (Lipinski definition) is 3. The van der Waals surface area contributed by atoms with Crippen molar-refractivity contribution in [2.45, 2.75) is 26.7 Å². The van der Waals surface area contributed by atoms with E-state index in [1.165, 1.54) is 7.11 Å². The van der Waals surface area contributed by atoms with Gasteiger partial charge in [0.2, 0.25) is 11.8 Å². The Kier molecular flexibility index (Phi) is 8.35. The maximum Gasteiger partial charge on any atom is 0.248 e. The fourth-order valence-corrected chi connectivity index (χ4v) is 3.31. The number of likely N-dealkylation sites (tertiary alicyclic amines) is 1. The van der Waals surface area contributed by atoms with Crippen LogP contribution in [0.15, 0.2) is 30.3 Å². The molecule has 0 saturated carbocycles. The second-order valence-corrected chi connectivity index (χ2v) is 7.39. The Balaban J connectivity index is 2.03. The van der Waals surface area contributed by atoms with Gasteiger partial charge in [0.05, 0.1) is 12.5 Å². The largest absolute Gasteiger partial charge is 0.375 e. The molecule has 2 amide bonds. The number of hydrogen-bond donors (Lipinski definition) is 0. The number of ether oxygens (including phenoxy) is 1. The molecule has 1 aliphatic rings. The molecule has 0 aromatic heterocycles. The molecule has 1 atom stereocenters. The first-order valence-corrected chi connectivity index (χ1v) is 9.60. The van der Waals surface area contributed by atoms with Crippen LogP contribution >= 0.6 is 0 Å². The van der Waals surface area contributed by atoms with E-state index in [0.29, 0.717) is 32.1 Å². The molecule has 0 aliphatic carbocycles. The van der Waals surface area contributed by atoms with Crippen molar-refractivity contribution in [3.05, 3.63) is 35.9 Å². The van der Waals surface area contributed by atoms with E-state index in [9.17, 15) is 9.59 Å². The van der Waals surface area contributed by atoms with Crippen LogP contribution in [0.1, 0.15) is 32.3 Å². The van der Waals surface area contributed by atoms with E-state index in [-0.39, 0.29) is 24.3 Å². The monoisotopic (exact) mass is 370 g/mol. The zero-order chi connectivity index (χ0) is 19.6. The minimum atomic E-state index is -0.156. The lowest BCUT2D eigenvalue weighted by Gasteiger charge is -2.35. The highest BCUT2D eigenvalue weighted by Crippen LogP contribution is 2.19. The zero-order valence-corrected chi connectivity index (χ0v) is 16.6. The van der Waals surface area contributed by atoms with Crippen molar-refractivity contribution >= 4 is 11.8 Å². The standard InChI is InChI=1S/C22H30N2O3/c1-18(2)15-24(14-7-11-19-9-5-4-6-10-19)22(26)20-12-8-13-23(16-20)21(25)17-27-3/h4-6,9-10,18,20H,8,12-17H2,1-3H3/t20-/m1/s1. The lowest BCUT2D eigenvalue weighted by Crippen LogP contribution is -2.48. The van der Waals surface area contributed by atoms with E-state index >= 15 is 0 Å². The second kappa shape index (κ2) is 10.7. The number of nitrogens with zero attached hydrogens (tertiary/aromatic N) is 2. The van der Waals surface area contributed by atoms with Crippen molar-refractivity contribution in [1.29, 1.82) is 0 Å². The van der Waals surface area contributed by atoms with Gasteiger partial charge in [0, 0.05) is 32.3 Å². The van der Waals surface area contributed by atoms with E-state index in [1.807, 2.05) is 35.2 Å². The molecule has 0 radical (unpaired) electrons. The molecule has 1 fully saturated rings. The van der Waals surface area contributed by atoms with Crippen molar-refractivity contribution in [1.82, 2.24) is 9.80 Å². The Bertz CT molecular complexity index is 676. The minimum absolute atomic E-state index is 0.0470. The van der Waals surface area contributed by atoms with Crippen LogP contribution in [0.5, 0.6) is 0 Å². The van der Waals surface area contributed by atoms with Gasteiger partial charge in [0.25, 0.3) is 0 Å². The quantitative estimate of drug-likeness (QED) is 0.723.